The van der Waals surface area contributed by atoms with Gasteiger partial charge in [0.1, 0.15) is 5.56 Å². The van der Waals surface area contributed by atoms with Gasteiger partial charge in [-0.3, -0.25) is 14.0 Å². The quantitative estimate of drug-likeness (QED) is 0.598. The highest BCUT2D eigenvalue weighted by molar-refractivity contribution is 7.89. The molecule has 1 N–H and O–H groups in total. The SMILES string of the molecule is O=C(NCc1ccc(S(=O)(=O)N2CCCCC2)cc1)c1cnc2sc3c(n2c1=O)CCCC3. The number of benzene rings is 1. The number of thiazole rings is 1. The van der Waals surface area contributed by atoms with Crippen molar-refractivity contribution in [2.45, 2.75) is 56.4 Å². The molecule has 1 amide bonds. The Labute approximate surface area is 196 Å². The van der Waals surface area contributed by atoms with Crippen molar-refractivity contribution in [3.05, 3.63) is 62.5 Å². The molecule has 1 saturated heterocycles. The van der Waals surface area contributed by atoms with E-state index < -0.39 is 15.9 Å². The van der Waals surface area contributed by atoms with E-state index in [0.29, 0.717) is 18.1 Å². The topological polar surface area (TPSA) is 101 Å². The maximum Gasteiger partial charge on any atom is 0.271 e. The van der Waals surface area contributed by atoms with E-state index in [2.05, 4.69) is 10.3 Å². The molecule has 1 aliphatic heterocycles. The Morgan fingerprint density at radius 3 is 2.52 bits per heavy atom. The number of hydrogen-bond acceptors (Lipinski definition) is 6. The first-order valence-electron chi connectivity index (χ1n) is 11.3. The fraction of sp³-hybridized carbons (Fsp3) is 0.435. The minimum atomic E-state index is -3.49. The van der Waals surface area contributed by atoms with Crippen LogP contribution in [-0.2, 0) is 29.4 Å². The molecule has 8 nitrogen and oxygen atoms in total. The van der Waals surface area contributed by atoms with Gasteiger partial charge in [-0.15, -0.1) is 11.3 Å². The van der Waals surface area contributed by atoms with Crippen LogP contribution in [0.5, 0.6) is 0 Å². The predicted molar refractivity (Wildman–Crippen MR) is 126 cm³/mol. The van der Waals surface area contributed by atoms with Crippen LogP contribution in [0.2, 0.25) is 0 Å². The second-order valence-corrected chi connectivity index (χ2v) is 11.6. The van der Waals surface area contributed by atoms with Gasteiger partial charge in [0.2, 0.25) is 10.0 Å². The zero-order valence-electron chi connectivity index (χ0n) is 18.2. The van der Waals surface area contributed by atoms with Crippen molar-refractivity contribution in [2.24, 2.45) is 0 Å². The highest BCUT2D eigenvalue weighted by Crippen LogP contribution is 2.28. The second kappa shape index (κ2) is 9.00. The summed E-state index contributed by atoms with van der Waals surface area (Å²) in [6.45, 7) is 1.30. The average molecular weight is 487 g/mol. The van der Waals surface area contributed by atoms with Crippen LogP contribution in [0, 0.1) is 0 Å². The lowest BCUT2D eigenvalue weighted by Crippen LogP contribution is -2.35. The third-order valence-electron chi connectivity index (χ3n) is 6.38. The van der Waals surface area contributed by atoms with Gasteiger partial charge >= 0.3 is 0 Å². The smallest absolute Gasteiger partial charge is 0.271 e. The molecule has 2 aromatic heterocycles. The summed E-state index contributed by atoms with van der Waals surface area (Å²) >= 11 is 1.53. The molecule has 0 atom stereocenters. The van der Waals surface area contributed by atoms with Gasteiger partial charge in [-0.05, 0) is 56.2 Å². The third kappa shape index (κ3) is 4.22. The standard InChI is InChI=1S/C23H26N4O4S2/c28-21(18-15-25-23-27(22(18)29)19-6-2-3-7-20(19)32-23)24-14-16-8-10-17(11-9-16)33(30,31)26-12-4-1-5-13-26/h8-11,15H,1-7,12-14H2,(H,24,28). The first-order chi connectivity index (χ1) is 15.9. The van der Waals surface area contributed by atoms with E-state index in [1.54, 1.807) is 28.7 Å². The van der Waals surface area contributed by atoms with Crippen LogP contribution in [0.3, 0.4) is 0 Å². The number of hydrogen-bond donors (Lipinski definition) is 1. The number of fused-ring (bicyclic) bond motifs is 3. The van der Waals surface area contributed by atoms with Crippen LogP contribution in [0.4, 0.5) is 0 Å². The van der Waals surface area contributed by atoms with Gasteiger partial charge in [-0.1, -0.05) is 18.6 Å². The molecule has 1 fully saturated rings. The molecule has 1 aliphatic carbocycles. The Morgan fingerprint density at radius 1 is 1.03 bits per heavy atom. The number of rotatable bonds is 5. The largest absolute Gasteiger partial charge is 0.348 e. The fourth-order valence-corrected chi connectivity index (χ4v) is 7.22. The van der Waals surface area contributed by atoms with Gasteiger partial charge in [0.15, 0.2) is 4.96 Å². The number of amides is 1. The maximum atomic E-state index is 13.0. The summed E-state index contributed by atoms with van der Waals surface area (Å²) in [6, 6.07) is 6.54. The third-order valence-corrected chi connectivity index (χ3v) is 9.45. The molecule has 10 heteroatoms. The number of nitrogens with one attached hydrogen (secondary N) is 1. The Morgan fingerprint density at radius 2 is 1.76 bits per heavy atom. The van der Waals surface area contributed by atoms with Crippen molar-refractivity contribution in [2.75, 3.05) is 13.1 Å². The van der Waals surface area contributed by atoms with Crippen LogP contribution in [0.1, 0.15) is 58.6 Å². The summed E-state index contributed by atoms with van der Waals surface area (Å²) in [4.78, 5) is 32.2. The van der Waals surface area contributed by atoms with E-state index in [4.69, 9.17) is 0 Å². The van der Waals surface area contributed by atoms with Crippen molar-refractivity contribution in [1.29, 1.82) is 0 Å². The molecule has 2 aliphatic rings. The molecule has 0 spiro atoms. The molecule has 0 saturated carbocycles. The van der Waals surface area contributed by atoms with Crippen LogP contribution >= 0.6 is 11.3 Å². The number of carbonyl (C=O) groups is 1. The lowest BCUT2D eigenvalue weighted by atomic mass is 10.0. The lowest BCUT2D eigenvalue weighted by molar-refractivity contribution is 0.0949. The summed E-state index contributed by atoms with van der Waals surface area (Å²) in [6.07, 6.45) is 8.11. The monoisotopic (exact) mass is 486 g/mol. The summed E-state index contributed by atoms with van der Waals surface area (Å²) < 4.78 is 28.7. The van der Waals surface area contributed by atoms with Crippen molar-refractivity contribution in [3.8, 4) is 0 Å². The minimum Gasteiger partial charge on any atom is -0.348 e. The number of carbonyl (C=O) groups excluding carboxylic acids is 1. The molecule has 5 rings (SSSR count). The minimum absolute atomic E-state index is 0.0166. The van der Waals surface area contributed by atoms with E-state index in [-0.39, 0.29) is 22.6 Å². The van der Waals surface area contributed by atoms with E-state index in [1.165, 1.54) is 26.7 Å². The first-order valence-corrected chi connectivity index (χ1v) is 13.6. The van der Waals surface area contributed by atoms with E-state index >= 15 is 0 Å². The molecule has 174 valence electrons. The van der Waals surface area contributed by atoms with Crippen molar-refractivity contribution < 1.29 is 13.2 Å². The zero-order valence-corrected chi connectivity index (χ0v) is 19.9. The molecule has 3 heterocycles. The Bertz CT molecular complexity index is 1350. The Balaban J connectivity index is 1.30. The number of piperidine rings is 1. The Hall–Kier alpha value is -2.56. The maximum absolute atomic E-state index is 13.0. The van der Waals surface area contributed by atoms with E-state index in [9.17, 15) is 18.0 Å². The Kier molecular flexibility index (Phi) is 6.07. The normalized spacial score (nSPS) is 17.1. The molecule has 33 heavy (non-hydrogen) atoms. The lowest BCUT2D eigenvalue weighted by Gasteiger charge is -2.25. The average Bonchev–Trinajstić information content (AvgIpc) is 3.23. The molecule has 0 unspecified atom stereocenters. The molecule has 0 bridgehead atoms. The van der Waals surface area contributed by atoms with Gasteiger partial charge in [-0.2, -0.15) is 4.31 Å². The zero-order chi connectivity index (χ0) is 23.0. The molecule has 3 aromatic rings. The number of nitrogens with zero attached hydrogens (tertiary/aromatic N) is 3. The number of sulfonamides is 1. The van der Waals surface area contributed by atoms with Gasteiger partial charge in [0.05, 0.1) is 4.90 Å². The summed E-state index contributed by atoms with van der Waals surface area (Å²) in [7, 11) is -3.49. The van der Waals surface area contributed by atoms with Gasteiger partial charge in [0, 0.05) is 36.4 Å². The van der Waals surface area contributed by atoms with Crippen molar-refractivity contribution >= 4 is 32.2 Å². The predicted octanol–water partition coefficient (Wildman–Crippen LogP) is 2.74. The van der Waals surface area contributed by atoms with Crippen LogP contribution in [0.15, 0.2) is 40.2 Å². The fourth-order valence-electron chi connectivity index (χ4n) is 4.54. The van der Waals surface area contributed by atoms with Gasteiger partial charge in [0.25, 0.3) is 11.5 Å². The van der Waals surface area contributed by atoms with Crippen LogP contribution in [-0.4, -0.2) is 41.1 Å². The van der Waals surface area contributed by atoms with E-state index in [1.807, 2.05) is 0 Å². The molecule has 0 radical (unpaired) electrons. The first kappa shape index (κ1) is 22.2. The van der Waals surface area contributed by atoms with Crippen LogP contribution in [0.25, 0.3) is 4.96 Å². The van der Waals surface area contributed by atoms with E-state index in [0.717, 1.165) is 56.2 Å². The van der Waals surface area contributed by atoms with Crippen LogP contribution < -0.4 is 10.9 Å². The number of aryl methyl sites for hydroxylation is 2. The summed E-state index contributed by atoms with van der Waals surface area (Å²) in [5.41, 5.74) is 1.42. The second-order valence-electron chi connectivity index (χ2n) is 8.57. The highest BCUT2D eigenvalue weighted by atomic mass is 32.2. The van der Waals surface area contributed by atoms with Crippen molar-refractivity contribution in [3.63, 3.8) is 0 Å². The number of aromatic nitrogens is 2. The molecular formula is C23H26N4O4S2. The highest BCUT2D eigenvalue weighted by Gasteiger charge is 2.26. The molecular weight excluding hydrogens is 460 g/mol. The van der Waals surface area contributed by atoms with Gasteiger partial charge < -0.3 is 5.32 Å². The summed E-state index contributed by atoms with van der Waals surface area (Å²) in [5.74, 6) is -0.484. The van der Waals surface area contributed by atoms with Crippen molar-refractivity contribution in [1.82, 2.24) is 19.0 Å². The molecule has 1 aromatic carbocycles. The summed E-state index contributed by atoms with van der Waals surface area (Å²) in [5, 5.41) is 2.77. The van der Waals surface area contributed by atoms with Gasteiger partial charge in [-0.25, -0.2) is 13.4 Å².